The van der Waals surface area contributed by atoms with Crippen LogP contribution in [-0.2, 0) is 13.8 Å². The zero-order valence-electron chi connectivity index (χ0n) is 23.0. The third-order valence-corrected chi connectivity index (χ3v) is 8.29. The number of ether oxygens (including phenoxy) is 1. The lowest BCUT2D eigenvalue weighted by Gasteiger charge is -2.36. The average Bonchev–Trinajstić information content (AvgIpc) is 2.74. The second-order valence-electron chi connectivity index (χ2n) is 10.8. The number of thioether (sulfide) groups is 1. The topological polar surface area (TPSA) is 78.8 Å². The highest BCUT2D eigenvalue weighted by molar-refractivity contribution is 7.99. The Balaban J connectivity index is 3.85. The first-order chi connectivity index (χ1) is 16.1. The molecule has 0 radical (unpaired) electrons. The highest BCUT2D eigenvalue weighted by Gasteiger charge is 2.29. The van der Waals surface area contributed by atoms with Gasteiger partial charge in [-0.1, -0.05) is 90.4 Å². The van der Waals surface area contributed by atoms with Crippen molar-refractivity contribution in [3.8, 4) is 0 Å². The standard InChI is InChI=1S/C26H56NO5PS/c1-6-7-8-9-10-11-12-13-14-15-16-17-18-19-20-34-24-25(22-31-5)21-26(27(2,3)4)23-32-33(28,29)30/h25-26H,6-24H2,1-5H3,(H-,28,29,30). The number of rotatable bonds is 25. The zero-order chi connectivity index (χ0) is 25.7. The molecule has 0 spiro atoms. The van der Waals surface area contributed by atoms with Gasteiger partial charge in [0.15, 0.2) is 0 Å². The number of quaternary nitrogens is 1. The van der Waals surface area contributed by atoms with Crippen LogP contribution in [0.4, 0.5) is 0 Å². The Kier molecular flexibility index (Phi) is 21.7. The third-order valence-electron chi connectivity index (χ3n) is 6.53. The van der Waals surface area contributed by atoms with Gasteiger partial charge in [0, 0.05) is 13.5 Å². The van der Waals surface area contributed by atoms with E-state index in [1.165, 1.54) is 89.9 Å². The van der Waals surface area contributed by atoms with Crippen LogP contribution in [0, 0.1) is 5.92 Å². The largest absolute Gasteiger partial charge is 0.756 e. The molecule has 0 aliphatic rings. The molecule has 6 nitrogen and oxygen atoms in total. The van der Waals surface area contributed by atoms with Crippen molar-refractivity contribution in [3.63, 3.8) is 0 Å². The van der Waals surface area contributed by atoms with Crippen LogP contribution >= 0.6 is 19.6 Å². The molecule has 0 rings (SSSR count). The lowest BCUT2D eigenvalue weighted by molar-refractivity contribution is -0.897. The van der Waals surface area contributed by atoms with Crippen LogP contribution in [0.25, 0.3) is 0 Å². The van der Waals surface area contributed by atoms with E-state index in [4.69, 9.17) is 14.2 Å². The summed E-state index contributed by atoms with van der Waals surface area (Å²) in [5.41, 5.74) is 0. The number of phosphoric ester groups is 1. The van der Waals surface area contributed by atoms with Crippen molar-refractivity contribution in [2.75, 3.05) is 53.0 Å². The Morgan fingerprint density at radius 3 is 1.74 bits per heavy atom. The van der Waals surface area contributed by atoms with Gasteiger partial charge < -0.3 is 23.5 Å². The number of hydrogen-bond acceptors (Lipinski definition) is 5. The second kappa shape index (κ2) is 21.5. The van der Waals surface area contributed by atoms with E-state index >= 15 is 0 Å². The van der Waals surface area contributed by atoms with E-state index < -0.39 is 7.82 Å². The Morgan fingerprint density at radius 2 is 1.32 bits per heavy atom. The lowest BCUT2D eigenvalue weighted by atomic mass is 10.0. The molecule has 0 aromatic carbocycles. The summed E-state index contributed by atoms with van der Waals surface area (Å²) in [4.78, 5) is 20.0. The molecule has 0 amide bonds. The molecule has 0 saturated heterocycles. The van der Waals surface area contributed by atoms with Crippen molar-refractivity contribution in [1.29, 1.82) is 0 Å². The van der Waals surface area contributed by atoms with Crippen LogP contribution in [-0.4, -0.2) is 68.4 Å². The SMILES string of the molecule is CCCCCCCCCCCCCCCCSCC(COC)CC(COP(=O)([O-])O)[N+](C)(C)C. The molecular formula is C26H56NO5PS. The highest BCUT2D eigenvalue weighted by Crippen LogP contribution is 2.32. The molecule has 206 valence electrons. The number of likely N-dealkylation sites (N-methyl/N-ethyl adjacent to an activating group) is 1. The van der Waals surface area contributed by atoms with Crippen molar-refractivity contribution >= 4 is 19.6 Å². The number of hydrogen-bond donors (Lipinski definition) is 1. The van der Waals surface area contributed by atoms with E-state index in [2.05, 4.69) is 6.92 Å². The minimum absolute atomic E-state index is 0.00931. The van der Waals surface area contributed by atoms with Gasteiger partial charge in [-0.05, 0) is 23.8 Å². The molecule has 0 aliphatic carbocycles. The van der Waals surface area contributed by atoms with E-state index in [0.29, 0.717) is 17.0 Å². The molecular weight excluding hydrogens is 469 g/mol. The summed E-state index contributed by atoms with van der Waals surface area (Å²) in [7, 11) is 3.07. The Bertz CT molecular complexity index is 498. The second-order valence-corrected chi connectivity index (χ2v) is 13.1. The fourth-order valence-electron chi connectivity index (χ4n) is 4.24. The minimum atomic E-state index is -4.70. The molecule has 8 heteroatoms. The summed E-state index contributed by atoms with van der Waals surface area (Å²) in [6.07, 6.45) is 20.1. The molecule has 3 atom stereocenters. The highest BCUT2D eigenvalue weighted by atomic mass is 32.2. The molecule has 0 saturated carbocycles. The fraction of sp³-hybridized carbons (Fsp3) is 1.00. The number of phosphoric acid groups is 1. The van der Waals surface area contributed by atoms with E-state index in [9.17, 15) is 9.46 Å². The summed E-state index contributed by atoms with van der Waals surface area (Å²) < 4.78 is 21.8. The first-order valence-corrected chi connectivity index (χ1v) is 16.3. The van der Waals surface area contributed by atoms with E-state index in [1.54, 1.807) is 7.11 Å². The molecule has 0 aromatic heterocycles. The predicted octanol–water partition coefficient (Wildman–Crippen LogP) is 6.41. The Hall–Kier alpha value is 0.380. The molecule has 0 aliphatic heterocycles. The van der Waals surface area contributed by atoms with Crippen LogP contribution < -0.4 is 4.89 Å². The van der Waals surface area contributed by atoms with E-state index in [-0.39, 0.29) is 12.6 Å². The van der Waals surface area contributed by atoms with Crippen LogP contribution in [0.5, 0.6) is 0 Å². The smallest absolute Gasteiger partial charge is 0.265 e. The van der Waals surface area contributed by atoms with Gasteiger partial charge in [0.2, 0.25) is 0 Å². The quantitative estimate of drug-likeness (QED) is 0.0843. The van der Waals surface area contributed by atoms with Gasteiger partial charge >= 0.3 is 0 Å². The summed E-state index contributed by atoms with van der Waals surface area (Å²) in [6.45, 7) is 2.92. The summed E-state index contributed by atoms with van der Waals surface area (Å²) in [6, 6.07) is -0.0313. The van der Waals surface area contributed by atoms with Crippen molar-refractivity contribution in [1.82, 2.24) is 0 Å². The summed E-state index contributed by atoms with van der Waals surface area (Å²) in [5, 5.41) is 0. The van der Waals surface area contributed by atoms with Crippen LogP contribution in [0.1, 0.15) is 103 Å². The number of nitrogens with zero attached hydrogens (tertiary/aromatic N) is 1. The Labute approximate surface area is 215 Å². The lowest BCUT2D eigenvalue weighted by Crippen LogP contribution is -2.49. The number of unbranched alkanes of at least 4 members (excludes halogenated alkanes) is 13. The van der Waals surface area contributed by atoms with Gasteiger partial charge in [-0.15, -0.1) is 0 Å². The average molecular weight is 526 g/mol. The van der Waals surface area contributed by atoms with Crippen molar-refractivity contribution in [2.45, 2.75) is 109 Å². The van der Waals surface area contributed by atoms with Gasteiger partial charge in [0.1, 0.15) is 12.6 Å². The monoisotopic (exact) mass is 525 g/mol. The fourth-order valence-corrected chi connectivity index (χ4v) is 5.74. The molecule has 0 heterocycles. The molecule has 34 heavy (non-hydrogen) atoms. The maximum atomic E-state index is 11.0. The molecule has 3 unspecified atom stereocenters. The van der Waals surface area contributed by atoms with Crippen LogP contribution in [0.15, 0.2) is 0 Å². The molecule has 0 aromatic rings. The van der Waals surface area contributed by atoms with Crippen molar-refractivity contribution in [3.05, 3.63) is 0 Å². The minimum Gasteiger partial charge on any atom is -0.756 e. The summed E-state index contributed by atoms with van der Waals surface area (Å²) in [5.74, 6) is 2.49. The molecule has 0 fully saturated rings. The maximum Gasteiger partial charge on any atom is 0.265 e. The first-order valence-electron chi connectivity index (χ1n) is 13.7. The first kappa shape index (κ1) is 34.4. The predicted molar refractivity (Wildman–Crippen MR) is 145 cm³/mol. The number of methoxy groups -OCH3 is 1. The van der Waals surface area contributed by atoms with Gasteiger partial charge in [0.05, 0.1) is 27.7 Å². The normalized spacial score (nSPS) is 15.9. The maximum absolute atomic E-state index is 11.0. The van der Waals surface area contributed by atoms with Gasteiger partial charge in [0.25, 0.3) is 7.82 Å². The van der Waals surface area contributed by atoms with E-state index in [1.807, 2.05) is 32.9 Å². The van der Waals surface area contributed by atoms with Gasteiger partial charge in [-0.2, -0.15) is 11.8 Å². The van der Waals surface area contributed by atoms with Crippen molar-refractivity contribution in [2.24, 2.45) is 5.92 Å². The van der Waals surface area contributed by atoms with Crippen LogP contribution in [0.3, 0.4) is 0 Å². The molecule has 1 N–H and O–H groups in total. The van der Waals surface area contributed by atoms with Gasteiger partial charge in [-0.25, -0.2) is 0 Å². The molecule has 0 bridgehead atoms. The zero-order valence-corrected chi connectivity index (χ0v) is 24.7. The van der Waals surface area contributed by atoms with Crippen LogP contribution in [0.2, 0.25) is 0 Å². The van der Waals surface area contributed by atoms with Gasteiger partial charge in [-0.3, -0.25) is 4.57 Å². The third kappa shape index (κ3) is 22.8. The Morgan fingerprint density at radius 1 is 0.853 bits per heavy atom. The summed E-state index contributed by atoms with van der Waals surface area (Å²) >= 11 is 1.97. The van der Waals surface area contributed by atoms with E-state index in [0.717, 1.165) is 17.9 Å². The van der Waals surface area contributed by atoms with Crippen molar-refractivity contribution < 1.29 is 28.1 Å².